The number of amides is 1. The first kappa shape index (κ1) is 16.7. The van der Waals surface area contributed by atoms with E-state index < -0.39 is 6.10 Å². The Kier molecular flexibility index (Phi) is 3.76. The summed E-state index contributed by atoms with van der Waals surface area (Å²) < 4.78 is 6.23. The zero-order valence-electron chi connectivity index (χ0n) is 15.2. The minimum absolute atomic E-state index is 0.0727. The van der Waals surface area contributed by atoms with Crippen LogP contribution in [0.2, 0.25) is 0 Å². The van der Waals surface area contributed by atoms with E-state index in [4.69, 9.17) is 4.74 Å². The number of fused-ring (bicyclic) bond motifs is 3. The summed E-state index contributed by atoms with van der Waals surface area (Å²) in [5.41, 5.74) is 0.867. The zero-order valence-corrected chi connectivity index (χ0v) is 15.2. The number of hydrogen-bond donors (Lipinski definition) is 2. The van der Waals surface area contributed by atoms with E-state index in [1.54, 1.807) is 11.0 Å². The molecule has 5 nitrogen and oxygen atoms in total. The lowest BCUT2D eigenvalue weighted by Crippen LogP contribution is -2.53. The number of rotatable bonds is 1. The van der Waals surface area contributed by atoms with Gasteiger partial charge in [0, 0.05) is 24.6 Å². The second kappa shape index (κ2) is 5.63. The molecule has 3 aliphatic rings. The maximum atomic E-state index is 12.6. The molecule has 2 fully saturated rings. The van der Waals surface area contributed by atoms with Gasteiger partial charge in [-0.05, 0) is 50.7 Å². The van der Waals surface area contributed by atoms with E-state index in [1.165, 1.54) is 6.42 Å². The molecule has 2 aliphatic heterocycles. The molecule has 1 saturated carbocycles. The van der Waals surface area contributed by atoms with Gasteiger partial charge in [-0.1, -0.05) is 13.3 Å². The Balaban J connectivity index is 1.74. The molecule has 1 amide bonds. The fraction of sp³-hybridized carbons (Fsp3) is 0.650. The number of β-amino-alcohol motifs (C(OH)–C–C–N with tert-alkyl or cyclic N) is 1. The van der Waals surface area contributed by atoms with Crippen molar-refractivity contribution in [3.8, 4) is 11.5 Å². The van der Waals surface area contributed by atoms with Gasteiger partial charge in [-0.2, -0.15) is 0 Å². The van der Waals surface area contributed by atoms with Crippen molar-refractivity contribution in [2.75, 3.05) is 13.1 Å². The molecule has 1 aromatic carbocycles. The van der Waals surface area contributed by atoms with Crippen LogP contribution in [0.1, 0.15) is 61.9 Å². The molecule has 0 aromatic heterocycles. The van der Waals surface area contributed by atoms with Crippen LogP contribution in [0.3, 0.4) is 0 Å². The maximum Gasteiger partial charge on any atom is 0.257 e. The van der Waals surface area contributed by atoms with E-state index in [9.17, 15) is 15.0 Å². The van der Waals surface area contributed by atoms with Crippen molar-refractivity contribution in [3.63, 3.8) is 0 Å². The van der Waals surface area contributed by atoms with Gasteiger partial charge in [-0.3, -0.25) is 4.79 Å². The minimum atomic E-state index is -0.448. The predicted molar refractivity (Wildman–Crippen MR) is 94.0 cm³/mol. The highest BCUT2D eigenvalue weighted by molar-refractivity contribution is 5.98. The third-order valence-corrected chi connectivity index (χ3v) is 6.31. The van der Waals surface area contributed by atoms with Crippen LogP contribution in [-0.4, -0.2) is 45.8 Å². The summed E-state index contributed by atoms with van der Waals surface area (Å²) in [6.45, 7) is 7.18. The van der Waals surface area contributed by atoms with E-state index in [2.05, 4.69) is 20.8 Å². The lowest BCUT2D eigenvalue weighted by molar-refractivity contribution is -0.0147. The number of carbonyl (C=O) groups is 1. The number of phenols is 1. The first-order valence-corrected chi connectivity index (χ1v) is 9.30. The predicted octanol–water partition coefficient (Wildman–Crippen LogP) is 2.90. The molecule has 5 heteroatoms. The van der Waals surface area contributed by atoms with Crippen LogP contribution >= 0.6 is 0 Å². The molecule has 2 N–H and O–H groups in total. The van der Waals surface area contributed by atoms with Crippen molar-refractivity contribution >= 4 is 5.91 Å². The minimum Gasteiger partial charge on any atom is -0.507 e. The summed E-state index contributed by atoms with van der Waals surface area (Å²) in [6, 6.07) is 3.49. The normalized spacial score (nSPS) is 30.7. The fourth-order valence-corrected chi connectivity index (χ4v) is 4.89. The quantitative estimate of drug-likeness (QED) is 0.821. The van der Waals surface area contributed by atoms with Crippen molar-refractivity contribution in [2.45, 2.75) is 57.7 Å². The van der Waals surface area contributed by atoms with Gasteiger partial charge < -0.3 is 19.8 Å². The van der Waals surface area contributed by atoms with Crippen LogP contribution in [0.15, 0.2) is 12.1 Å². The molecular formula is C20H27NO4. The zero-order chi connectivity index (χ0) is 17.9. The largest absolute Gasteiger partial charge is 0.507 e. The molecule has 1 saturated heterocycles. The lowest BCUT2D eigenvalue weighted by Gasteiger charge is -2.49. The average molecular weight is 345 g/mol. The maximum absolute atomic E-state index is 12.6. The van der Waals surface area contributed by atoms with Crippen molar-refractivity contribution in [1.29, 1.82) is 0 Å². The molecule has 1 aromatic rings. The Morgan fingerprint density at radius 1 is 1.28 bits per heavy atom. The number of hydrogen-bond acceptors (Lipinski definition) is 4. The number of aliphatic hydroxyl groups is 1. The Labute approximate surface area is 148 Å². The van der Waals surface area contributed by atoms with Gasteiger partial charge in [0.2, 0.25) is 0 Å². The number of nitrogens with zero attached hydrogens (tertiary/aromatic N) is 1. The third-order valence-electron chi connectivity index (χ3n) is 6.31. The highest BCUT2D eigenvalue weighted by Gasteiger charge is 2.47. The van der Waals surface area contributed by atoms with E-state index in [1.807, 2.05) is 6.07 Å². The number of phenolic OH excluding ortho intramolecular Hbond substituents is 1. The summed E-state index contributed by atoms with van der Waals surface area (Å²) >= 11 is 0. The molecule has 1 aliphatic carbocycles. The van der Waals surface area contributed by atoms with Gasteiger partial charge >= 0.3 is 0 Å². The van der Waals surface area contributed by atoms with Crippen molar-refractivity contribution in [2.24, 2.45) is 11.8 Å². The Morgan fingerprint density at radius 2 is 2.00 bits per heavy atom. The number of carbonyl (C=O) groups excluding carboxylic acids is 1. The molecule has 0 bridgehead atoms. The van der Waals surface area contributed by atoms with Gasteiger partial charge in [0.25, 0.3) is 5.91 Å². The molecule has 2 heterocycles. The SMILES string of the molecule is C[C@@H]1CC[C@@H]2[C@@H](C1)c1c(ccc(C(=O)N3CC(O)C3)c1O)OC2(C)C. The Hall–Kier alpha value is -1.75. The van der Waals surface area contributed by atoms with Gasteiger partial charge in [-0.25, -0.2) is 0 Å². The van der Waals surface area contributed by atoms with Crippen LogP contribution in [0.25, 0.3) is 0 Å². The number of likely N-dealkylation sites (tertiary alicyclic amines) is 1. The van der Waals surface area contributed by atoms with Crippen molar-refractivity contribution < 1.29 is 19.7 Å². The van der Waals surface area contributed by atoms with Crippen LogP contribution in [-0.2, 0) is 0 Å². The van der Waals surface area contributed by atoms with E-state index in [0.717, 1.165) is 18.4 Å². The van der Waals surface area contributed by atoms with Crippen molar-refractivity contribution in [3.05, 3.63) is 23.3 Å². The smallest absolute Gasteiger partial charge is 0.257 e. The van der Waals surface area contributed by atoms with Crippen LogP contribution in [0.5, 0.6) is 11.5 Å². The molecule has 0 radical (unpaired) electrons. The summed E-state index contributed by atoms with van der Waals surface area (Å²) in [6.07, 6.45) is 2.82. The van der Waals surface area contributed by atoms with Crippen LogP contribution < -0.4 is 4.74 Å². The third kappa shape index (κ3) is 2.60. The molecule has 0 unspecified atom stereocenters. The number of aromatic hydroxyl groups is 1. The number of benzene rings is 1. The van der Waals surface area contributed by atoms with Gasteiger partial charge in [0.15, 0.2) is 0 Å². The van der Waals surface area contributed by atoms with Gasteiger partial charge in [0.05, 0.1) is 11.7 Å². The number of ether oxygens (including phenoxy) is 1. The topological polar surface area (TPSA) is 70.0 Å². The highest BCUT2D eigenvalue weighted by atomic mass is 16.5. The monoisotopic (exact) mass is 345 g/mol. The molecule has 25 heavy (non-hydrogen) atoms. The van der Waals surface area contributed by atoms with E-state index in [-0.39, 0.29) is 23.2 Å². The summed E-state index contributed by atoms with van der Waals surface area (Å²) in [4.78, 5) is 14.2. The van der Waals surface area contributed by atoms with Crippen molar-refractivity contribution in [1.82, 2.24) is 4.90 Å². The summed E-state index contributed by atoms with van der Waals surface area (Å²) in [5.74, 6) is 1.74. The molecular weight excluding hydrogens is 318 g/mol. The average Bonchev–Trinajstić information content (AvgIpc) is 2.50. The first-order valence-electron chi connectivity index (χ1n) is 9.30. The highest BCUT2D eigenvalue weighted by Crippen LogP contribution is 2.55. The Bertz CT molecular complexity index is 708. The van der Waals surface area contributed by atoms with E-state index >= 15 is 0 Å². The summed E-state index contributed by atoms with van der Waals surface area (Å²) in [5, 5.41) is 20.4. The van der Waals surface area contributed by atoms with Gasteiger partial charge in [0.1, 0.15) is 17.1 Å². The second-order valence-electron chi connectivity index (χ2n) is 8.57. The van der Waals surface area contributed by atoms with E-state index in [0.29, 0.717) is 36.2 Å². The number of aliphatic hydroxyl groups excluding tert-OH is 1. The van der Waals surface area contributed by atoms with Crippen LogP contribution in [0, 0.1) is 11.8 Å². The second-order valence-corrected chi connectivity index (χ2v) is 8.57. The van der Waals surface area contributed by atoms with Crippen LogP contribution in [0.4, 0.5) is 0 Å². The molecule has 4 rings (SSSR count). The molecule has 3 atom stereocenters. The Morgan fingerprint density at radius 3 is 2.68 bits per heavy atom. The molecule has 136 valence electrons. The van der Waals surface area contributed by atoms with Gasteiger partial charge in [-0.15, -0.1) is 0 Å². The fourth-order valence-electron chi connectivity index (χ4n) is 4.89. The molecule has 0 spiro atoms. The lowest BCUT2D eigenvalue weighted by atomic mass is 9.64. The first-order chi connectivity index (χ1) is 11.8. The standard InChI is InChI=1S/C20H27NO4/c1-11-4-6-15-14(8-11)17-16(25-20(15,2)3)7-5-13(18(17)23)19(24)21-9-12(22)10-21/h5,7,11-12,14-15,22-23H,4,6,8-10H2,1-3H3/t11-,14-,15-/m1/s1. The summed E-state index contributed by atoms with van der Waals surface area (Å²) in [7, 11) is 0.